The van der Waals surface area contributed by atoms with Gasteiger partial charge in [0.1, 0.15) is 24.4 Å². The summed E-state index contributed by atoms with van der Waals surface area (Å²) < 4.78 is 41.4. The molecule has 3 heterocycles. The molecule has 1 spiro atoms. The van der Waals surface area contributed by atoms with Crippen LogP contribution < -0.4 is 0 Å². The average molecular weight is 609 g/mol. The van der Waals surface area contributed by atoms with E-state index in [4.69, 9.17) is 33.2 Å². The van der Waals surface area contributed by atoms with Crippen molar-refractivity contribution in [1.82, 2.24) is 0 Å². The molecule has 13 unspecified atom stereocenters. The number of aliphatic hydroxyl groups excluding tert-OH is 1. The molecule has 240 valence electrons. The number of carbonyl (C=O) groups is 4. The fraction of sp³-hybridized carbons (Fsp3) is 0.806. The second-order valence-electron chi connectivity index (χ2n) is 13.3. The van der Waals surface area contributed by atoms with Crippen LogP contribution in [0.1, 0.15) is 67.7 Å². The molecule has 4 fully saturated rings. The van der Waals surface area contributed by atoms with E-state index >= 15 is 0 Å². The first-order valence-electron chi connectivity index (χ1n) is 15.1. The van der Waals surface area contributed by atoms with Gasteiger partial charge in [-0.15, -0.1) is 0 Å². The first kappa shape index (κ1) is 31.7. The topological polar surface area (TPSA) is 156 Å². The van der Waals surface area contributed by atoms with Crippen molar-refractivity contribution in [2.45, 2.75) is 110 Å². The highest BCUT2D eigenvalue weighted by molar-refractivity contribution is 5.74. The molecular weight excluding hydrogens is 564 g/mol. The van der Waals surface area contributed by atoms with E-state index in [1.54, 1.807) is 20.1 Å². The first-order chi connectivity index (χ1) is 20.2. The Hall–Kier alpha value is -2.70. The Bertz CT molecular complexity index is 1160. The van der Waals surface area contributed by atoms with Crippen molar-refractivity contribution >= 4 is 23.9 Å². The molecule has 0 aromatic rings. The molecule has 5 rings (SSSR count). The number of hydrogen-bond donors (Lipinski definition) is 1. The van der Waals surface area contributed by atoms with Crippen LogP contribution in [0.5, 0.6) is 0 Å². The van der Waals surface area contributed by atoms with Crippen molar-refractivity contribution in [2.75, 3.05) is 13.2 Å². The fourth-order valence-electron chi connectivity index (χ4n) is 8.39. The van der Waals surface area contributed by atoms with Crippen molar-refractivity contribution in [3.05, 3.63) is 12.3 Å². The maximum Gasteiger partial charge on any atom is 0.312 e. The number of epoxide rings is 1. The molecule has 3 aliphatic heterocycles. The van der Waals surface area contributed by atoms with Crippen LogP contribution in [0, 0.1) is 34.5 Å². The summed E-state index contributed by atoms with van der Waals surface area (Å²) in [5.74, 6) is -3.50. The van der Waals surface area contributed by atoms with Crippen molar-refractivity contribution < 1.29 is 57.4 Å². The molecule has 0 amide bonds. The van der Waals surface area contributed by atoms with Crippen LogP contribution in [0.2, 0.25) is 0 Å². The highest BCUT2D eigenvalue weighted by atomic mass is 16.7. The zero-order valence-corrected chi connectivity index (χ0v) is 25.9. The van der Waals surface area contributed by atoms with E-state index in [2.05, 4.69) is 13.8 Å². The van der Waals surface area contributed by atoms with E-state index in [1.165, 1.54) is 20.8 Å². The third-order valence-electron chi connectivity index (χ3n) is 11.0. The van der Waals surface area contributed by atoms with Crippen LogP contribution in [-0.2, 0) is 52.3 Å². The first-order valence-corrected chi connectivity index (χ1v) is 15.1. The summed E-state index contributed by atoms with van der Waals surface area (Å²) in [5.41, 5.74) is -3.11. The van der Waals surface area contributed by atoms with Gasteiger partial charge in [-0.2, -0.15) is 0 Å². The van der Waals surface area contributed by atoms with Gasteiger partial charge < -0.3 is 38.3 Å². The lowest BCUT2D eigenvalue weighted by Gasteiger charge is -2.65. The minimum atomic E-state index is -1.32. The van der Waals surface area contributed by atoms with Gasteiger partial charge in [-0.3, -0.25) is 19.2 Å². The largest absolute Gasteiger partial charge is 0.472 e. The lowest BCUT2D eigenvalue weighted by molar-refractivity contribution is -0.284. The molecule has 12 nitrogen and oxygen atoms in total. The van der Waals surface area contributed by atoms with E-state index in [1.807, 2.05) is 6.08 Å². The number of hydrogen-bond acceptors (Lipinski definition) is 12. The van der Waals surface area contributed by atoms with Crippen LogP contribution in [0.3, 0.4) is 0 Å². The van der Waals surface area contributed by atoms with Gasteiger partial charge in [0, 0.05) is 32.1 Å². The lowest BCUT2D eigenvalue weighted by Crippen LogP contribution is -2.74. The van der Waals surface area contributed by atoms with E-state index in [0.29, 0.717) is 12.8 Å². The second kappa shape index (κ2) is 11.3. The number of fused-ring (bicyclic) bond motifs is 3. The van der Waals surface area contributed by atoms with Gasteiger partial charge in [-0.05, 0) is 51.0 Å². The van der Waals surface area contributed by atoms with Crippen LogP contribution >= 0.6 is 0 Å². The molecule has 12 heteroatoms. The molecule has 5 aliphatic rings. The number of carbonyl (C=O) groups excluding carboxylic acids is 4. The predicted molar refractivity (Wildman–Crippen MR) is 147 cm³/mol. The van der Waals surface area contributed by atoms with Crippen molar-refractivity contribution in [3.63, 3.8) is 0 Å². The molecule has 0 aromatic carbocycles. The monoisotopic (exact) mass is 608 g/mol. The van der Waals surface area contributed by atoms with E-state index in [-0.39, 0.29) is 37.6 Å². The Labute approximate surface area is 251 Å². The molecular formula is C31H44O12. The Kier molecular flexibility index (Phi) is 8.36. The van der Waals surface area contributed by atoms with Crippen molar-refractivity contribution in [1.29, 1.82) is 0 Å². The summed E-state index contributed by atoms with van der Waals surface area (Å²) in [5, 5.41) is 11.7. The average Bonchev–Trinajstić information content (AvgIpc) is 3.40. The van der Waals surface area contributed by atoms with Gasteiger partial charge in [-0.25, -0.2) is 0 Å². The third kappa shape index (κ3) is 5.12. The summed E-state index contributed by atoms with van der Waals surface area (Å²) >= 11 is 0. The van der Waals surface area contributed by atoms with Crippen LogP contribution in [0.4, 0.5) is 0 Å². The molecule has 1 N–H and O–H groups in total. The van der Waals surface area contributed by atoms with Gasteiger partial charge in [0.25, 0.3) is 0 Å². The maximum atomic E-state index is 13.4. The van der Waals surface area contributed by atoms with Gasteiger partial charge >= 0.3 is 23.9 Å². The number of esters is 4. The van der Waals surface area contributed by atoms with E-state index in [0.717, 1.165) is 0 Å². The molecule has 43 heavy (non-hydrogen) atoms. The molecule has 0 bridgehead atoms. The Morgan fingerprint density at radius 2 is 1.72 bits per heavy atom. The Morgan fingerprint density at radius 1 is 1.02 bits per heavy atom. The van der Waals surface area contributed by atoms with E-state index in [9.17, 15) is 24.3 Å². The van der Waals surface area contributed by atoms with Crippen LogP contribution in [0.25, 0.3) is 0 Å². The fourth-order valence-corrected chi connectivity index (χ4v) is 8.39. The summed E-state index contributed by atoms with van der Waals surface area (Å²) in [4.78, 5) is 49.7. The van der Waals surface area contributed by atoms with Gasteiger partial charge in [0.05, 0.1) is 36.4 Å². The smallest absolute Gasteiger partial charge is 0.312 e. The molecule has 0 radical (unpaired) electrons. The summed E-state index contributed by atoms with van der Waals surface area (Å²) in [6.45, 7) is 11.1. The number of ether oxygens (including phenoxy) is 7. The summed E-state index contributed by atoms with van der Waals surface area (Å²) in [7, 11) is 0. The lowest BCUT2D eigenvalue weighted by atomic mass is 9.41. The second-order valence-corrected chi connectivity index (χ2v) is 13.3. The van der Waals surface area contributed by atoms with Gasteiger partial charge in [0.15, 0.2) is 6.10 Å². The number of rotatable bonds is 8. The summed E-state index contributed by atoms with van der Waals surface area (Å²) in [6, 6.07) is 0. The maximum absolute atomic E-state index is 13.4. The third-order valence-corrected chi connectivity index (χ3v) is 11.0. The van der Waals surface area contributed by atoms with Crippen molar-refractivity contribution in [3.8, 4) is 0 Å². The Morgan fingerprint density at radius 3 is 2.30 bits per heavy atom. The zero-order valence-electron chi connectivity index (χ0n) is 25.9. The highest BCUT2D eigenvalue weighted by Crippen LogP contribution is 2.70. The number of aliphatic hydroxyl groups is 1. The predicted octanol–water partition coefficient (Wildman–Crippen LogP) is 2.44. The van der Waals surface area contributed by atoms with Crippen LogP contribution in [0.15, 0.2) is 12.3 Å². The molecule has 13 atom stereocenters. The van der Waals surface area contributed by atoms with Crippen LogP contribution in [-0.4, -0.2) is 84.6 Å². The standard InChI is InChI=1S/C31H44O12/c1-15-10-25(41-20(6)34)30(13-38-18(4)32)23(29(15,7)24-11-21-8-9-37-28(21)42-24)12-22(35)26(31(30)14-39-31)43-27(36)16(2)17(3)40-19(5)33/h8-9,15-17,21-26,28,35H,10-14H2,1-7H3. The van der Waals surface area contributed by atoms with Crippen molar-refractivity contribution in [2.24, 2.45) is 34.5 Å². The molecule has 2 saturated heterocycles. The van der Waals surface area contributed by atoms with E-state index < -0.39 is 82.8 Å². The molecule has 2 saturated carbocycles. The Balaban J connectivity index is 1.57. The minimum Gasteiger partial charge on any atom is -0.472 e. The quantitative estimate of drug-likeness (QED) is 0.244. The van der Waals surface area contributed by atoms with Gasteiger partial charge in [-0.1, -0.05) is 13.8 Å². The van der Waals surface area contributed by atoms with Gasteiger partial charge in [0.2, 0.25) is 6.29 Å². The normalized spacial score (nSPS) is 43.9. The molecule has 2 aliphatic carbocycles. The molecule has 0 aromatic heterocycles. The zero-order chi connectivity index (χ0) is 31.5. The highest BCUT2D eigenvalue weighted by Gasteiger charge is 2.81. The summed E-state index contributed by atoms with van der Waals surface area (Å²) in [6.07, 6.45) is 0.325. The SMILES string of the molecule is CC(=O)OCC12C(OC(C)=O)CC(C)C(C)(C3CC4C=COC4O3)C1CC(O)C(OC(=O)C(C)C(C)OC(C)=O)C21CO1. The minimum absolute atomic E-state index is 0.0492.